The Morgan fingerprint density at radius 3 is 2.40 bits per heavy atom. The van der Waals surface area contributed by atoms with Crippen molar-refractivity contribution < 1.29 is 18.8 Å². The Labute approximate surface area is 330 Å². The summed E-state index contributed by atoms with van der Waals surface area (Å²) in [5.74, 6) is -0.391. The second kappa shape index (κ2) is 16.9. The number of imide groups is 1. The Morgan fingerprint density at radius 2 is 1.67 bits per heavy atom. The van der Waals surface area contributed by atoms with E-state index in [1.807, 2.05) is 67.6 Å². The average molecular weight is 769 g/mol. The molecule has 4 amide bonds. The van der Waals surface area contributed by atoms with Gasteiger partial charge in [0, 0.05) is 123 Å². The highest BCUT2D eigenvalue weighted by Crippen LogP contribution is 2.28. The third-order valence-electron chi connectivity index (χ3n) is 11.0. The van der Waals surface area contributed by atoms with Crippen LogP contribution in [-0.2, 0) is 11.3 Å². The molecule has 0 unspecified atom stereocenters. The van der Waals surface area contributed by atoms with E-state index >= 15 is 4.39 Å². The van der Waals surface area contributed by atoms with Gasteiger partial charge in [0.15, 0.2) is 0 Å². The van der Waals surface area contributed by atoms with E-state index < -0.39 is 6.03 Å². The molecule has 0 bridgehead atoms. The molecule has 3 aromatic carbocycles. The van der Waals surface area contributed by atoms with Crippen molar-refractivity contribution in [3.63, 3.8) is 0 Å². The first-order chi connectivity index (χ1) is 27.8. The number of rotatable bonds is 10. The van der Waals surface area contributed by atoms with Gasteiger partial charge in [-0.3, -0.25) is 34.6 Å². The van der Waals surface area contributed by atoms with E-state index in [-0.39, 0.29) is 30.6 Å². The maximum atomic E-state index is 15.1. The summed E-state index contributed by atoms with van der Waals surface area (Å²) in [5.41, 5.74) is 6.84. The summed E-state index contributed by atoms with van der Waals surface area (Å²) >= 11 is 0. The maximum Gasteiger partial charge on any atom is 0.328 e. The van der Waals surface area contributed by atoms with Crippen LogP contribution in [0.3, 0.4) is 0 Å². The fourth-order valence-corrected chi connectivity index (χ4v) is 7.74. The topological polar surface area (TPSA) is 139 Å². The number of piperidine rings is 1. The highest BCUT2D eigenvalue weighted by molar-refractivity contribution is 6.06. The molecule has 14 heteroatoms. The maximum absolute atomic E-state index is 15.1. The van der Waals surface area contributed by atoms with Gasteiger partial charge in [-0.15, -0.1) is 0 Å². The van der Waals surface area contributed by atoms with Gasteiger partial charge in [0.1, 0.15) is 5.82 Å². The zero-order valence-corrected chi connectivity index (χ0v) is 31.8. The Bertz CT molecular complexity index is 2240. The van der Waals surface area contributed by atoms with Crippen molar-refractivity contribution in [1.29, 1.82) is 0 Å². The van der Waals surface area contributed by atoms with Crippen LogP contribution in [0.1, 0.15) is 40.7 Å². The number of aromatic nitrogens is 3. The average Bonchev–Trinajstić information content (AvgIpc) is 3.24. The summed E-state index contributed by atoms with van der Waals surface area (Å²) < 4.78 is 15.1. The molecule has 2 aromatic heterocycles. The molecule has 3 aliphatic heterocycles. The number of urea groups is 1. The Morgan fingerprint density at radius 1 is 0.877 bits per heavy atom. The fourth-order valence-electron chi connectivity index (χ4n) is 7.74. The predicted molar refractivity (Wildman–Crippen MR) is 218 cm³/mol. The van der Waals surface area contributed by atoms with Gasteiger partial charge in [0.05, 0.1) is 5.69 Å². The second-order valence-electron chi connectivity index (χ2n) is 14.7. The molecular formula is C43H45FN10O3. The van der Waals surface area contributed by atoms with Crippen LogP contribution >= 0.6 is 0 Å². The van der Waals surface area contributed by atoms with Gasteiger partial charge < -0.3 is 15.5 Å². The van der Waals surface area contributed by atoms with E-state index in [9.17, 15) is 14.4 Å². The number of hydrogen-bond donors (Lipinski definition) is 3. The van der Waals surface area contributed by atoms with Crippen molar-refractivity contribution in [3.05, 3.63) is 120 Å². The number of nitrogens with one attached hydrogen (secondary N) is 3. The molecule has 3 N–H and O–H groups in total. The molecule has 0 saturated carbocycles. The van der Waals surface area contributed by atoms with E-state index in [1.165, 1.54) is 11.0 Å². The van der Waals surface area contributed by atoms with E-state index in [4.69, 9.17) is 0 Å². The summed E-state index contributed by atoms with van der Waals surface area (Å²) in [6.45, 7) is 8.20. The van der Waals surface area contributed by atoms with Gasteiger partial charge in [-0.25, -0.2) is 19.2 Å². The van der Waals surface area contributed by atoms with Gasteiger partial charge >= 0.3 is 6.03 Å². The predicted octanol–water partition coefficient (Wildman–Crippen LogP) is 6.21. The van der Waals surface area contributed by atoms with Crippen molar-refractivity contribution in [2.45, 2.75) is 38.8 Å². The molecule has 13 nitrogen and oxygen atoms in total. The molecule has 3 saturated heterocycles. The number of piperazine rings is 1. The molecule has 0 spiro atoms. The normalized spacial score (nSPS) is 17.0. The van der Waals surface area contributed by atoms with Crippen LogP contribution in [0.5, 0.6) is 0 Å². The van der Waals surface area contributed by atoms with Crippen LogP contribution in [0.4, 0.5) is 37.9 Å². The quantitative estimate of drug-likeness (QED) is 0.150. The Balaban J connectivity index is 0.795. The lowest BCUT2D eigenvalue weighted by atomic mass is 10.0. The number of amides is 4. The summed E-state index contributed by atoms with van der Waals surface area (Å²) in [7, 11) is 0. The molecular weight excluding hydrogens is 724 g/mol. The molecule has 5 aromatic rings. The molecule has 8 rings (SSSR count). The third-order valence-corrected chi connectivity index (χ3v) is 11.0. The van der Waals surface area contributed by atoms with Crippen LogP contribution < -0.4 is 25.8 Å². The number of hydrogen-bond acceptors (Lipinski definition) is 10. The third kappa shape index (κ3) is 8.92. The summed E-state index contributed by atoms with van der Waals surface area (Å²) in [6, 6.07) is 24.0. The summed E-state index contributed by atoms with van der Waals surface area (Å²) in [6.07, 6.45) is 7.49. The molecule has 57 heavy (non-hydrogen) atoms. The number of carbonyl (C=O) groups is 3. The monoisotopic (exact) mass is 768 g/mol. The molecule has 0 atom stereocenters. The SMILES string of the molecule is Cc1ccc(NC(=O)c2ccc(N3CCC(N4CCN(Cc5ccc(N6CCC(=O)NC6=O)cc5F)CC4)CC3)cc2)cc1Nc1nccc(-c2cccnc2)n1. The molecule has 0 radical (unpaired) electrons. The van der Waals surface area contributed by atoms with Gasteiger partial charge in [0.2, 0.25) is 11.9 Å². The van der Waals surface area contributed by atoms with Crippen molar-refractivity contribution in [2.75, 3.05) is 66.2 Å². The highest BCUT2D eigenvalue weighted by Gasteiger charge is 2.29. The van der Waals surface area contributed by atoms with Gasteiger partial charge in [-0.05, 0) is 92.1 Å². The largest absolute Gasteiger partial charge is 0.371 e. The van der Waals surface area contributed by atoms with E-state index in [0.717, 1.165) is 80.3 Å². The molecule has 292 valence electrons. The van der Waals surface area contributed by atoms with Gasteiger partial charge in [0.25, 0.3) is 5.91 Å². The number of halogens is 1. The first-order valence-electron chi connectivity index (χ1n) is 19.4. The molecule has 5 heterocycles. The second-order valence-corrected chi connectivity index (χ2v) is 14.7. The minimum Gasteiger partial charge on any atom is -0.371 e. The summed E-state index contributed by atoms with van der Waals surface area (Å²) in [4.78, 5) is 58.8. The van der Waals surface area contributed by atoms with Crippen LogP contribution in [0, 0.1) is 12.7 Å². The zero-order valence-electron chi connectivity index (χ0n) is 31.8. The summed E-state index contributed by atoms with van der Waals surface area (Å²) in [5, 5.41) is 8.61. The Hall–Kier alpha value is -6.25. The van der Waals surface area contributed by atoms with Crippen molar-refractivity contribution >= 4 is 46.5 Å². The smallest absolute Gasteiger partial charge is 0.328 e. The van der Waals surface area contributed by atoms with Crippen LogP contribution in [0.2, 0.25) is 0 Å². The number of anilines is 5. The zero-order chi connectivity index (χ0) is 39.3. The first kappa shape index (κ1) is 37.7. The number of aryl methyl sites for hydroxylation is 1. The minimum absolute atomic E-state index is 0.186. The van der Waals surface area contributed by atoms with Crippen molar-refractivity contribution in [1.82, 2.24) is 30.1 Å². The first-order valence-corrected chi connectivity index (χ1v) is 19.4. The standard InChI is InChI=1S/C43H45FN10O3/c1-29-4-8-33(25-39(29)49-42-46-17-12-38(48-42)31-3-2-16-45-27-31)47-41(56)30-5-9-34(10-6-30)52-18-13-35(14-19-52)53-23-21-51(22-24-53)28-32-7-11-36(26-37(32)44)54-20-15-40(55)50-43(54)57/h2-12,16-17,25-27,35H,13-15,18-24,28H2,1H3,(H,47,56)(H,46,48,49)(H,50,55,57). The van der Waals surface area contributed by atoms with Crippen molar-refractivity contribution in [2.24, 2.45) is 0 Å². The van der Waals surface area contributed by atoms with Gasteiger partial charge in [-0.1, -0.05) is 12.1 Å². The van der Waals surface area contributed by atoms with Crippen LogP contribution in [0.25, 0.3) is 11.3 Å². The lowest BCUT2D eigenvalue weighted by molar-refractivity contribution is -0.120. The number of pyridine rings is 1. The van der Waals surface area contributed by atoms with E-state index in [0.29, 0.717) is 41.0 Å². The molecule has 3 aliphatic rings. The lowest BCUT2D eigenvalue weighted by Gasteiger charge is -2.43. The lowest BCUT2D eigenvalue weighted by Crippen LogP contribution is -2.53. The van der Waals surface area contributed by atoms with E-state index in [1.54, 1.807) is 30.7 Å². The van der Waals surface area contributed by atoms with Crippen LogP contribution in [0.15, 0.2) is 97.5 Å². The Kier molecular flexibility index (Phi) is 11.1. The number of nitrogens with zero attached hydrogens (tertiary/aromatic N) is 7. The fraction of sp³-hybridized carbons (Fsp3) is 0.302. The van der Waals surface area contributed by atoms with E-state index in [2.05, 4.69) is 45.6 Å². The van der Waals surface area contributed by atoms with Gasteiger partial charge in [-0.2, -0.15) is 0 Å². The molecule has 3 fully saturated rings. The number of benzene rings is 3. The highest BCUT2D eigenvalue weighted by atomic mass is 19.1. The van der Waals surface area contributed by atoms with Crippen molar-refractivity contribution in [3.8, 4) is 11.3 Å². The molecule has 0 aliphatic carbocycles. The minimum atomic E-state index is -0.516. The van der Waals surface area contributed by atoms with Crippen LogP contribution in [-0.4, -0.2) is 94.5 Å². The number of carbonyl (C=O) groups excluding carboxylic acids is 3.